The van der Waals surface area contributed by atoms with Gasteiger partial charge < -0.3 is 10.1 Å². The Morgan fingerprint density at radius 3 is 2.50 bits per heavy atom. The van der Waals surface area contributed by atoms with Crippen LogP contribution in [0.3, 0.4) is 0 Å². The minimum Gasteiger partial charge on any atom is -0.497 e. The van der Waals surface area contributed by atoms with Crippen LogP contribution in [0.25, 0.3) is 0 Å². The highest BCUT2D eigenvalue weighted by Gasteiger charge is 2.35. The van der Waals surface area contributed by atoms with Gasteiger partial charge in [-0.2, -0.15) is 0 Å². The van der Waals surface area contributed by atoms with Gasteiger partial charge in [0.05, 0.1) is 13.7 Å². The van der Waals surface area contributed by atoms with Crippen LogP contribution in [0.15, 0.2) is 54.6 Å². The zero-order valence-electron chi connectivity index (χ0n) is 13.3. The van der Waals surface area contributed by atoms with Gasteiger partial charge in [0.2, 0.25) is 5.91 Å². The van der Waals surface area contributed by atoms with Gasteiger partial charge in [0.25, 0.3) is 5.91 Å². The number of rotatable bonds is 5. The van der Waals surface area contributed by atoms with Gasteiger partial charge in [0.15, 0.2) is 5.37 Å². The molecule has 1 fully saturated rings. The van der Waals surface area contributed by atoms with Gasteiger partial charge in [-0.05, 0) is 29.8 Å². The summed E-state index contributed by atoms with van der Waals surface area (Å²) in [6, 6.07) is 17.0. The monoisotopic (exact) mass is 342 g/mol. The molecule has 1 unspecified atom stereocenters. The second-order valence-electron chi connectivity index (χ2n) is 5.33. The first-order chi connectivity index (χ1) is 11.7. The highest BCUT2D eigenvalue weighted by atomic mass is 32.2. The summed E-state index contributed by atoms with van der Waals surface area (Å²) in [4.78, 5) is 26.2. The predicted octanol–water partition coefficient (Wildman–Crippen LogP) is 2.42. The van der Waals surface area contributed by atoms with Gasteiger partial charge in [0.1, 0.15) is 5.75 Å². The van der Waals surface area contributed by atoms with E-state index in [-0.39, 0.29) is 18.4 Å². The van der Waals surface area contributed by atoms with Crippen molar-refractivity contribution in [3.8, 4) is 5.75 Å². The third-order valence-corrected chi connectivity index (χ3v) is 4.98. The molecule has 0 saturated carbocycles. The Morgan fingerprint density at radius 2 is 1.83 bits per heavy atom. The molecular formula is C18H18N2O3S. The van der Waals surface area contributed by atoms with Crippen LogP contribution in [-0.4, -0.2) is 30.8 Å². The summed E-state index contributed by atoms with van der Waals surface area (Å²) < 4.78 is 5.15. The van der Waals surface area contributed by atoms with Gasteiger partial charge in [-0.3, -0.25) is 14.5 Å². The third-order valence-electron chi connectivity index (χ3n) is 3.74. The number of piperazine rings is 1. The molecule has 1 atom stereocenters. The lowest BCUT2D eigenvalue weighted by molar-refractivity contribution is -0.129. The Bertz CT molecular complexity index is 719. The van der Waals surface area contributed by atoms with E-state index in [1.165, 1.54) is 11.8 Å². The number of ether oxygens (including phenoxy) is 1. The Balaban J connectivity index is 1.77. The van der Waals surface area contributed by atoms with Crippen molar-refractivity contribution in [1.82, 2.24) is 5.32 Å². The van der Waals surface area contributed by atoms with Crippen molar-refractivity contribution in [3.05, 3.63) is 60.2 Å². The number of nitrogens with zero attached hydrogens (tertiary/aromatic N) is 1. The summed E-state index contributed by atoms with van der Waals surface area (Å²) in [5, 5.41) is 2.09. The van der Waals surface area contributed by atoms with E-state index < -0.39 is 5.37 Å². The van der Waals surface area contributed by atoms with Crippen LogP contribution in [0.4, 0.5) is 5.69 Å². The Hall–Kier alpha value is -2.47. The van der Waals surface area contributed by atoms with Crippen molar-refractivity contribution in [1.29, 1.82) is 0 Å². The number of para-hydroxylation sites is 1. The van der Waals surface area contributed by atoms with Gasteiger partial charge in [-0.1, -0.05) is 30.3 Å². The molecular weight excluding hydrogens is 324 g/mol. The quantitative estimate of drug-likeness (QED) is 0.907. The number of hydrogen-bond donors (Lipinski definition) is 1. The van der Waals surface area contributed by atoms with Crippen LogP contribution >= 0.6 is 11.8 Å². The molecule has 2 aromatic rings. The molecule has 0 radical (unpaired) electrons. The number of thioether (sulfide) groups is 1. The van der Waals surface area contributed by atoms with Crippen LogP contribution < -0.4 is 15.0 Å². The standard InChI is InChI=1S/C18H18N2O3S/c1-23-15-9-7-13(8-10-15)12-24-18-17(22)19-11-16(21)20(18)14-5-3-2-4-6-14/h2-10,18H,11-12H2,1H3,(H,19,22). The van der Waals surface area contributed by atoms with Crippen LogP contribution in [0.2, 0.25) is 0 Å². The maximum atomic E-state index is 12.3. The molecule has 1 heterocycles. The van der Waals surface area contributed by atoms with Crippen LogP contribution in [0, 0.1) is 0 Å². The number of benzene rings is 2. The Kier molecular flexibility index (Phi) is 5.05. The van der Waals surface area contributed by atoms with E-state index in [9.17, 15) is 9.59 Å². The number of amides is 2. The zero-order valence-corrected chi connectivity index (χ0v) is 14.1. The molecule has 1 aliphatic heterocycles. The minimum atomic E-state index is -0.573. The molecule has 0 bridgehead atoms. The summed E-state index contributed by atoms with van der Waals surface area (Å²) in [5.41, 5.74) is 1.81. The molecule has 1 aliphatic rings. The molecule has 3 rings (SSSR count). The van der Waals surface area contributed by atoms with Crippen molar-refractivity contribution in [2.45, 2.75) is 11.1 Å². The summed E-state index contributed by atoms with van der Waals surface area (Å²) in [6.07, 6.45) is 0. The van der Waals surface area contributed by atoms with Gasteiger partial charge in [0, 0.05) is 11.4 Å². The van der Waals surface area contributed by atoms with Crippen molar-refractivity contribution >= 4 is 29.3 Å². The van der Waals surface area contributed by atoms with Gasteiger partial charge >= 0.3 is 0 Å². The molecule has 6 heteroatoms. The van der Waals surface area contributed by atoms with Crippen molar-refractivity contribution < 1.29 is 14.3 Å². The average Bonchev–Trinajstić information content (AvgIpc) is 2.63. The Morgan fingerprint density at radius 1 is 1.12 bits per heavy atom. The SMILES string of the molecule is COc1ccc(CSC2C(=O)NCC(=O)N2c2ccccc2)cc1. The first kappa shape index (κ1) is 16.4. The molecule has 24 heavy (non-hydrogen) atoms. The average molecular weight is 342 g/mol. The summed E-state index contributed by atoms with van der Waals surface area (Å²) in [5.74, 6) is 1.17. The zero-order chi connectivity index (χ0) is 16.9. The minimum absolute atomic E-state index is 0.0350. The highest BCUT2D eigenvalue weighted by Crippen LogP contribution is 2.28. The number of carbonyl (C=O) groups is 2. The summed E-state index contributed by atoms with van der Waals surface area (Å²) in [6.45, 7) is 0.0350. The maximum Gasteiger partial charge on any atom is 0.254 e. The Labute approximate surface area is 145 Å². The molecule has 1 N–H and O–H groups in total. The molecule has 2 amide bonds. The van der Waals surface area contributed by atoms with Crippen LogP contribution in [0.1, 0.15) is 5.56 Å². The fourth-order valence-corrected chi connectivity index (χ4v) is 3.66. The van der Waals surface area contributed by atoms with Gasteiger partial charge in [-0.15, -0.1) is 11.8 Å². The van der Waals surface area contributed by atoms with E-state index in [0.29, 0.717) is 5.75 Å². The molecule has 0 spiro atoms. The summed E-state index contributed by atoms with van der Waals surface area (Å²) >= 11 is 1.43. The first-order valence-corrected chi connectivity index (χ1v) is 8.63. The lowest BCUT2D eigenvalue weighted by Gasteiger charge is -2.34. The smallest absolute Gasteiger partial charge is 0.254 e. The number of anilines is 1. The topological polar surface area (TPSA) is 58.6 Å². The number of nitrogens with one attached hydrogen (secondary N) is 1. The number of hydrogen-bond acceptors (Lipinski definition) is 4. The second kappa shape index (κ2) is 7.40. The normalized spacial score (nSPS) is 17.5. The second-order valence-corrected chi connectivity index (χ2v) is 6.40. The fraction of sp³-hybridized carbons (Fsp3) is 0.222. The van der Waals surface area contributed by atoms with E-state index in [4.69, 9.17) is 4.74 Å². The lowest BCUT2D eigenvalue weighted by atomic mass is 10.2. The fourth-order valence-electron chi connectivity index (χ4n) is 2.50. The first-order valence-electron chi connectivity index (χ1n) is 7.58. The largest absolute Gasteiger partial charge is 0.497 e. The van der Waals surface area contributed by atoms with E-state index >= 15 is 0 Å². The summed E-state index contributed by atoms with van der Waals surface area (Å²) in [7, 11) is 1.62. The highest BCUT2D eigenvalue weighted by molar-refractivity contribution is 8.00. The predicted molar refractivity (Wildman–Crippen MR) is 95.0 cm³/mol. The molecule has 124 valence electrons. The third kappa shape index (κ3) is 3.54. The van der Waals surface area contributed by atoms with Crippen molar-refractivity contribution in [3.63, 3.8) is 0 Å². The molecule has 1 saturated heterocycles. The number of carbonyl (C=O) groups excluding carboxylic acids is 2. The van der Waals surface area contributed by atoms with E-state index in [2.05, 4.69) is 5.32 Å². The van der Waals surface area contributed by atoms with Crippen LogP contribution in [0.5, 0.6) is 5.75 Å². The van der Waals surface area contributed by atoms with Crippen LogP contribution in [-0.2, 0) is 15.3 Å². The maximum absolute atomic E-state index is 12.3. The lowest BCUT2D eigenvalue weighted by Crippen LogP contribution is -2.57. The van der Waals surface area contributed by atoms with E-state index in [1.54, 1.807) is 12.0 Å². The van der Waals surface area contributed by atoms with Crippen molar-refractivity contribution in [2.75, 3.05) is 18.6 Å². The number of methoxy groups -OCH3 is 1. The molecule has 0 aromatic heterocycles. The van der Waals surface area contributed by atoms with E-state index in [1.807, 2.05) is 54.6 Å². The molecule has 0 aliphatic carbocycles. The molecule has 2 aromatic carbocycles. The van der Waals surface area contributed by atoms with E-state index in [0.717, 1.165) is 17.0 Å². The molecule has 5 nitrogen and oxygen atoms in total. The van der Waals surface area contributed by atoms with Crippen molar-refractivity contribution in [2.24, 2.45) is 0 Å². The van der Waals surface area contributed by atoms with Gasteiger partial charge in [-0.25, -0.2) is 0 Å².